The molecule has 0 aliphatic heterocycles. The van der Waals surface area contributed by atoms with Crippen molar-refractivity contribution in [1.29, 1.82) is 0 Å². The predicted molar refractivity (Wildman–Crippen MR) is 128 cm³/mol. The van der Waals surface area contributed by atoms with Gasteiger partial charge in [0.2, 0.25) is 0 Å². The minimum absolute atomic E-state index is 0.0195. The molecule has 5 nitrogen and oxygen atoms in total. The Kier molecular flexibility index (Phi) is 9.62. The molecule has 0 amide bonds. The molecule has 1 atom stereocenters. The molecule has 0 saturated heterocycles. The summed E-state index contributed by atoms with van der Waals surface area (Å²) in [5.41, 5.74) is 1.62. The second-order valence-corrected chi connectivity index (χ2v) is 9.82. The highest BCUT2D eigenvalue weighted by Crippen LogP contribution is 2.37. The van der Waals surface area contributed by atoms with E-state index in [0.717, 1.165) is 11.3 Å². The molecule has 31 heavy (non-hydrogen) atoms. The van der Waals surface area contributed by atoms with Crippen LogP contribution in [0.3, 0.4) is 0 Å². The average molecular weight is 464 g/mol. The molecule has 168 valence electrons. The predicted octanol–water partition coefficient (Wildman–Crippen LogP) is 5.15. The van der Waals surface area contributed by atoms with Crippen LogP contribution in [0.25, 0.3) is 0 Å². The number of rotatable bonds is 13. The molecule has 0 heterocycles. The van der Waals surface area contributed by atoms with Gasteiger partial charge in [0.1, 0.15) is 5.75 Å². The molecule has 0 fully saturated rings. The van der Waals surface area contributed by atoms with Crippen molar-refractivity contribution in [2.24, 2.45) is 5.92 Å². The van der Waals surface area contributed by atoms with Gasteiger partial charge in [0.15, 0.2) is 16.6 Å². The Morgan fingerprint density at radius 2 is 1.77 bits per heavy atom. The number of benzene rings is 2. The van der Waals surface area contributed by atoms with Gasteiger partial charge >= 0.3 is 0 Å². The van der Waals surface area contributed by atoms with Gasteiger partial charge in [-0.1, -0.05) is 48.9 Å². The summed E-state index contributed by atoms with van der Waals surface area (Å²) in [7, 11) is -1.85. The highest BCUT2D eigenvalue weighted by atomic mass is 35.5. The molecule has 2 rings (SSSR count). The molecular weight excluding hydrogens is 434 g/mol. The summed E-state index contributed by atoms with van der Waals surface area (Å²) >= 11 is 6.43. The van der Waals surface area contributed by atoms with Gasteiger partial charge in [-0.15, -0.1) is 13.2 Å². The molecule has 0 saturated carbocycles. The van der Waals surface area contributed by atoms with Crippen molar-refractivity contribution in [3.63, 3.8) is 0 Å². The van der Waals surface area contributed by atoms with Crippen LogP contribution in [-0.4, -0.2) is 41.2 Å². The lowest BCUT2D eigenvalue weighted by Gasteiger charge is -2.27. The van der Waals surface area contributed by atoms with Crippen LogP contribution in [0, 0.1) is 5.92 Å². The molecule has 0 unspecified atom stereocenters. The molecule has 7 heteroatoms. The van der Waals surface area contributed by atoms with E-state index in [-0.39, 0.29) is 18.5 Å². The first-order valence-corrected chi connectivity index (χ1v) is 12.0. The number of hydrogen-bond acceptors (Lipinski definition) is 5. The topological polar surface area (TPSA) is 55.8 Å². The van der Waals surface area contributed by atoms with E-state index >= 15 is 0 Å². The minimum Gasteiger partial charge on any atom is -0.465 e. The summed E-state index contributed by atoms with van der Waals surface area (Å²) in [6, 6.07) is 12.1. The number of hydrogen-bond donors (Lipinski definition) is 0. The molecule has 2 aromatic rings. The maximum Gasteiger partial charge on any atom is 0.188 e. The molecule has 0 bridgehead atoms. The van der Waals surface area contributed by atoms with Crippen molar-refractivity contribution in [3.05, 3.63) is 78.4 Å². The second-order valence-electron chi connectivity index (χ2n) is 7.35. The number of sulfone groups is 1. The van der Waals surface area contributed by atoms with Crippen LogP contribution in [0.2, 0.25) is 5.02 Å². The highest BCUT2D eigenvalue weighted by molar-refractivity contribution is 7.91. The third-order valence-electron chi connectivity index (χ3n) is 4.65. The molecule has 0 spiro atoms. The van der Waals surface area contributed by atoms with Gasteiger partial charge in [-0.25, -0.2) is 8.42 Å². The van der Waals surface area contributed by atoms with Crippen molar-refractivity contribution in [2.75, 3.05) is 37.6 Å². The fourth-order valence-corrected chi connectivity index (χ4v) is 5.29. The highest BCUT2D eigenvalue weighted by Gasteiger charge is 2.22. The van der Waals surface area contributed by atoms with E-state index in [4.69, 9.17) is 21.1 Å². The molecule has 0 radical (unpaired) electrons. The lowest BCUT2D eigenvalue weighted by molar-refractivity contribution is 0.0506. The molecule has 2 aromatic carbocycles. The van der Waals surface area contributed by atoms with Crippen molar-refractivity contribution in [3.8, 4) is 5.75 Å². The fourth-order valence-electron chi connectivity index (χ4n) is 3.42. The summed E-state index contributed by atoms with van der Waals surface area (Å²) in [6.07, 6.45) is 4.06. The monoisotopic (exact) mass is 463 g/mol. The van der Waals surface area contributed by atoms with Crippen LogP contribution in [-0.2, 0) is 21.0 Å². The lowest BCUT2D eigenvalue weighted by atomic mass is 10.0. The average Bonchev–Trinajstić information content (AvgIpc) is 2.73. The van der Waals surface area contributed by atoms with Gasteiger partial charge < -0.3 is 14.4 Å². The second kappa shape index (κ2) is 11.9. The third kappa shape index (κ3) is 7.13. The summed E-state index contributed by atoms with van der Waals surface area (Å²) in [4.78, 5) is 2.36. The van der Waals surface area contributed by atoms with Crippen molar-refractivity contribution in [2.45, 2.75) is 18.2 Å². The zero-order valence-corrected chi connectivity index (χ0v) is 19.7. The van der Waals surface area contributed by atoms with Crippen LogP contribution in [0.4, 0.5) is 5.69 Å². The van der Waals surface area contributed by atoms with Gasteiger partial charge in [0.25, 0.3) is 0 Å². The maximum absolute atomic E-state index is 12.8. The fraction of sp³-hybridized carbons (Fsp3) is 0.333. The van der Waals surface area contributed by atoms with E-state index in [2.05, 4.69) is 13.2 Å². The summed E-state index contributed by atoms with van der Waals surface area (Å²) < 4.78 is 36.6. The Morgan fingerprint density at radius 3 is 2.35 bits per heavy atom. The first-order valence-electron chi connectivity index (χ1n) is 10.0. The number of ether oxygens (including phenoxy) is 2. The Labute approximate surface area is 190 Å². The molecular formula is C24H30ClNO4S. The van der Waals surface area contributed by atoms with Crippen molar-refractivity contribution < 1.29 is 17.9 Å². The normalized spacial score (nSPS) is 12.2. The van der Waals surface area contributed by atoms with E-state index in [9.17, 15) is 8.42 Å². The van der Waals surface area contributed by atoms with Gasteiger partial charge in [0.05, 0.1) is 16.3 Å². The molecule has 0 N–H and O–H groups in total. The van der Waals surface area contributed by atoms with E-state index in [1.807, 2.05) is 24.0 Å². The van der Waals surface area contributed by atoms with E-state index < -0.39 is 9.84 Å². The lowest BCUT2D eigenvalue weighted by Crippen LogP contribution is -2.25. The van der Waals surface area contributed by atoms with Crippen LogP contribution < -0.4 is 9.64 Å². The van der Waals surface area contributed by atoms with E-state index in [0.29, 0.717) is 35.2 Å². The van der Waals surface area contributed by atoms with Crippen molar-refractivity contribution in [1.82, 2.24) is 0 Å². The number of nitrogens with zero attached hydrogens (tertiary/aromatic N) is 1. The zero-order chi connectivity index (χ0) is 22.9. The van der Waals surface area contributed by atoms with Gasteiger partial charge in [-0.05, 0) is 42.2 Å². The van der Waals surface area contributed by atoms with Crippen LogP contribution in [0.5, 0.6) is 5.75 Å². The summed E-state index contributed by atoms with van der Waals surface area (Å²) in [5, 5.41) is 0.547. The van der Waals surface area contributed by atoms with Crippen LogP contribution >= 0.6 is 11.6 Å². The number of halogens is 1. The quantitative estimate of drug-likeness (QED) is 0.303. The van der Waals surface area contributed by atoms with E-state index in [1.54, 1.807) is 49.6 Å². The Bertz CT molecular complexity index is 967. The van der Waals surface area contributed by atoms with Gasteiger partial charge in [-0.2, -0.15) is 0 Å². The Hall–Kier alpha value is -2.28. The maximum atomic E-state index is 12.8. The number of anilines is 1. The van der Waals surface area contributed by atoms with Crippen LogP contribution in [0.1, 0.15) is 12.5 Å². The standard InChI is InChI=1S/C24H30ClNO4S/c1-5-12-26(13-6-2)23-16-21(25)15-20(24(23)30-18-29-4)14-19(3)17-31(27,28)22-10-8-7-9-11-22/h5-11,15-16,19H,1-2,12-14,17-18H2,3-4H3/t19-/m1/s1. The first kappa shape index (κ1) is 25.0. The largest absolute Gasteiger partial charge is 0.465 e. The zero-order valence-electron chi connectivity index (χ0n) is 18.1. The first-order chi connectivity index (χ1) is 14.8. The van der Waals surface area contributed by atoms with E-state index in [1.165, 1.54) is 0 Å². The van der Waals surface area contributed by atoms with Crippen LogP contribution in [0.15, 0.2) is 72.7 Å². The molecule has 0 aliphatic rings. The Morgan fingerprint density at radius 1 is 1.13 bits per heavy atom. The summed E-state index contributed by atoms with van der Waals surface area (Å²) in [5.74, 6) is 0.485. The molecule has 0 aliphatic carbocycles. The minimum atomic E-state index is -3.40. The third-order valence-corrected chi connectivity index (χ3v) is 6.86. The molecule has 0 aromatic heterocycles. The van der Waals surface area contributed by atoms with Crippen molar-refractivity contribution >= 4 is 27.1 Å². The smallest absolute Gasteiger partial charge is 0.188 e. The summed E-state index contributed by atoms with van der Waals surface area (Å²) in [6.45, 7) is 10.8. The SMILES string of the molecule is C=CCN(CC=C)c1cc(Cl)cc(C[C@@H](C)CS(=O)(=O)c2ccccc2)c1OCOC. The Balaban J connectivity index is 2.37. The van der Waals surface area contributed by atoms with Gasteiger partial charge in [-0.3, -0.25) is 0 Å². The van der Waals surface area contributed by atoms with Gasteiger partial charge in [0, 0.05) is 25.2 Å². The number of methoxy groups -OCH3 is 1.